The predicted octanol–water partition coefficient (Wildman–Crippen LogP) is 2.92. The largest absolute Gasteiger partial charge is 0.393 e. The van der Waals surface area contributed by atoms with Gasteiger partial charge in [-0.2, -0.15) is 0 Å². The van der Waals surface area contributed by atoms with E-state index in [2.05, 4.69) is 19.9 Å². The van der Waals surface area contributed by atoms with Crippen LogP contribution in [-0.2, 0) is 6.42 Å². The molecule has 1 N–H and O–H groups in total. The lowest BCUT2D eigenvalue weighted by molar-refractivity contribution is 0.194. The van der Waals surface area contributed by atoms with E-state index in [4.69, 9.17) is 0 Å². The Morgan fingerprint density at radius 2 is 2.04 bits per heavy atom. The van der Waals surface area contributed by atoms with Gasteiger partial charge in [-0.05, 0) is 31.2 Å². The van der Waals surface area contributed by atoms with Gasteiger partial charge in [0.15, 0.2) is 5.82 Å². The molecular formula is C19H16FN5O. The minimum atomic E-state index is -0.463. The maximum Gasteiger partial charge on any atom is 0.234 e. The number of halogens is 1. The van der Waals surface area contributed by atoms with Crippen LogP contribution in [-0.4, -0.2) is 35.5 Å². The molecule has 7 heteroatoms. The molecule has 4 rings (SSSR count). The number of aliphatic hydroxyl groups is 1. The summed E-state index contributed by atoms with van der Waals surface area (Å²) in [4.78, 5) is 17.6. The van der Waals surface area contributed by atoms with E-state index in [1.54, 1.807) is 37.5 Å². The Labute approximate surface area is 149 Å². The molecule has 0 aliphatic carbocycles. The number of aromatic nitrogens is 5. The van der Waals surface area contributed by atoms with Crippen LogP contribution >= 0.6 is 0 Å². The Bertz CT molecular complexity index is 1080. The van der Waals surface area contributed by atoms with Crippen molar-refractivity contribution >= 4 is 5.78 Å². The third-order valence-electron chi connectivity index (χ3n) is 3.94. The second-order valence-corrected chi connectivity index (χ2v) is 6.06. The van der Waals surface area contributed by atoms with Crippen LogP contribution < -0.4 is 0 Å². The van der Waals surface area contributed by atoms with Crippen molar-refractivity contribution in [1.82, 2.24) is 24.3 Å². The zero-order valence-corrected chi connectivity index (χ0v) is 14.0. The molecule has 0 amide bonds. The lowest BCUT2D eigenvalue weighted by Gasteiger charge is -2.06. The lowest BCUT2D eigenvalue weighted by atomic mass is 10.2. The summed E-state index contributed by atoms with van der Waals surface area (Å²) in [6, 6.07) is 9.80. The van der Waals surface area contributed by atoms with Crippen molar-refractivity contribution in [2.45, 2.75) is 19.4 Å². The molecule has 130 valence electrons. The quantitative estimate of drug-likeness (QED) is 0.613. The van der Waals surface area contributed by atoms with Crippen molar-refractivity contribution in [2.24, 2.45) is 0 Å². The molecule has 1 unspecified atom stereocenters. The minimum absolute atomic E-state index is 0.332. The molecule has 1 atom stereocenters. The Balaban J connectivity index is 1.75. The summed E-state index contributed by atoms with van der Waals surface area (Å²) in [5.74, 6) is 0.640. The summed E-state index contributed by atoms with van der Waals surface area (Å²) in [5, 5.41) is 9.51. The SMILES string of the molecule is CC(O)Cc1ccn2c(-c3ccnc(-c4cccc(F)c4)n3)cnc2n1. The van der Waals surface area contributed by atoms with E-state index < -0.39 is 6.10 Å². The number of benzene rings is 1. The van der Waals surface area contributed by atoms with Crippen LogP contribution in [0.25, 0.3) is 28.6 Å². The number of hydrogen-bond donors (Lipinski definition) is 1. The Hall–Kier alpha value is -3.19. The topological polar surface area (TPSA) is 76.2 Å². The summed E-state index contributed by atoms with van der Waals surface area (Å²) < 4.78 is 15.3. The molecule has 0 saturated carbocycles. The van der Waals surface area contributed by atoms with E-state index in [-0.39, 0.29) is 5.82 Å². The Morgan fingerprint density at radius 3 is 2.85 bits per heavy atom. The lowest BCUT2D eigenvalue weighted by Crippen LogP contribution is -2.07. The molecule has 0 spiro atoms. The van der Waals surface area contributed by atoms with E-state index in [1.807, 2.05) is 16.7 Å². The first-order valence-corrected chi connectivity index (χ1v) is 8.20. The van der Waals surface area contributed by atoms with E-state index in [0.717, 1.165) is 11.4 Å². The molecule has 26 heavy (non-hydrogen) atoms. The van der Waals surface area contributed by atoms with Gasteiger partial charge in [0.05, 0.1) is 23.7 Å². The first-order chi connectivity index (χ1) is 12.6. The summed E-state index contributed by atoms with van der Waals surface area (Å²) in [5.41, 5.74) is 2.80. The monoisotopic (exact) mass is 349 g/mol. The first kappa shape index (κ1) is 16.3. The number of hydrogen-bond acceptors (Lipinski definition) is 5. The molecule has 6 nitrogen and oxygen atoms in total. The summed E-state index contributed by atoms with van der Waals surface area (Å²) in [6.07, 6.45) is 5.18. The molecule has 0 saturated heterocycles. The fourth-order valence-electron chi connectivity index (χ4n) is 2.78. The molecule has 3 heterocycles. The van der Waals surface area contributed by atoms with Crippen molar-refractivity contribution in [3.05, 3.63) is 66.5 Å². The van der Waals surface area contributed by atoms with Crippen LogP contribution in [0.15, 0.2) is 55.0 Å². The van der Waals surface area contributed by atoms with Gasteiger partial charge in [0, 0.05) is 30.1 Å². The third kappa shape index (κ3) is 3.16. The molecule has 1 aromatic carbocycles. The van der Waals surface area contributed by atoms with Crippen LogP contribution in [0.2, 0.25) is 0 Å². The van der Waals surface area contributed by atoms with Crippen LogP contribution in [0, 0.1) is 5.82 Å². The van der Waals surface area contributed by atoms with Crippen molar-refractivity contribution in [2.75, 3.05) is 0 Å². The summed E-state index contributed by atoms with van der Waals surface area (Å²) in [6.45, 7) is 1.72. The number of nitrogens with zero attached hydrogens (tertiary/aromatic N) is 5. The molecule has 0 aliphatic rings. The molecular weight excluding hydrogens is 333 g/mol. The second-order valence-electron chi connectivity index (χ2n) is 6.06. The first-order valence-electron chi connectivity index (χ1n) is 8.20. The smallest absolute Gasteiger partial charge is 0.234 e. The van der Waals surface area contributed by atoms with E-state index in [1.165, 1.54) is 12.1 Å². The van der Waals surface area contributed by atoms with Gasteiger partial charge in [-0.15, -0.1) is 0 Å². The number of imidazole rings is 1. The van der Waals surface area contributed by atoms with Crippen LogP contribution in [0.1, 0.15) is 12.6 Å². The van der Waals surface area contributed by atoms with Crippen LogP contribution in [0.3, 0.4) is 0 Å². The van der Waals surface area contributed by atoms with Gasteiger partial charge in [0.2, 0.25) is 5.78 Å². The van der Waals surface area contributed by atoms with Gasteiger partial charge in [0.1, 0.15) is 5.82 Å². The highest BCUT2D eigenvalue weighted by molar-refractivity contribution is 5.62. The van der Waals surface area contributed by atoms with Gasteiger partial charge < -0.3 is 5.11 Å². The zero-order chi connectivity index (χ0) is 18.1. The fraction of sp³-hybridized carbons (Fsp3) is 0.158. The van der Waals surface area contributed by atoms with Crippen molar-refractivity contribution in [3.8, 4) is 22.8 Å². The molecule has 3 aromatic heterocycles. The molecule has 0 aliphatic heterocycles. The van der Waals surface area contributed by atoms with Crippen molar-refractivity contribution in [3.63, 3.8) is 0 Å². The minimum Gasteiger partial charge on any atom is -0.393 e. The highest BCUT2D eigenvalue weighted by Gasteiger charge is 2.11. The third-order valence-corrected chi connectivity index (χ3v) is 3.94. The van der Waals surface area contributed by atoms with Gasteiger partial charge in [0.25, 0.3) is 0 Å². The van der Waals surface area contributed by atoms with E-state index >= 15 is 0 Å². The molecule has 4 aromatic rings. The maximum atomic E-state index is 13.5. The molecule has 0 fully saturated rings. The van der Waals surface area contributed by atoms with E-state index in [0.29, 0.717) is 29.3 Å². The highest BCUT2D eigenvalue weighted by atomic mass is 19.1. The fourth-order valence-corrected chi connectivity index (χ4v) is 2.78. The average molecular weight is 349 g/mol. The Kier molecular flexibility index (Phi) is 4.14. The zero-order valence-electron chi connectivity index (χ0n) is 14.0. The van der Waals surface area contributed by atoms with Gasteiger partial charge in [-0.1, -0.05) is 12.1 Å². The second kappa shape index (κ2) is 6.61. The van der Waals surface area contributed by atoms with Crippen LogP contribution in [0.4, 0.5) is 4.39 Å². The maximum absolute atomic E-state index is 13.5. The predicted molar refractivity (Wildman–Crippen MR) is 94.8 cm³/mol. The number of aliphatic hydroxyl groups excluding tert-OH is 1. The normalized spacial score (nSPS) is 12.4. The molecule has 0 radical (unpaired) electrons. The van der Waals surface area contributed by atoms with Gasteiger partial charge >= 0.3 is 0 Å². The van der Waals surface area contributed by atoms with Gasteiger partial charge in [-0.3, -0.25) is 4.40 Å². The highest BCUT2D eigenvalue weighted by Crippen LogP contribution is 2.22. The number of fused-ring (bicyclic) bond motifs is 1. The summed E-state index contributed by atoms with van der Waals surface area (Å²) in [7, 11) is 0. The molecule has 0 bridgehead atoms. The van der Waals surface area contributed by atoms with Gasteiger partial charge in [-0.25, -0.2) is 24.3 Å². The van der Waals surface area contributed by atoms with Crippen molar-refractivity contribution in [1.29, 1.82) is 0 Å². The number of rotatable bonds is 4. The van der Waals surface area contributed by atoms with Crippen molar-refractivity contribution < 1.29 is 9.50 Å². The van der Waals surface area contributed by atoms with Crippen LogP contribution in [0.5, 0.6) is 0 Å². The summed E-state index contributed by atoms with van der Waals surface area (Å²) >= 11 is 0. The van der Waals surface area contributed by atoms with E-state index in [9.17, 15) is 9.50 Å². The standard InChI is InChI=1S/C19H16FN5O/c1-12(26)9-15-6-8-25-17(11-22-19(25)23-15)16-5-7-21-18(24-16)13-3-2-4-14(20)10-13/h2-8,10-12,26H,9H2,1H3. The Morgan fingerprint density at radius 1 is 1.15 bits per heavy atom. The average Bonchev–Trinajstić information content (AvgIpc) is 3.04.